The van der Waals surface area contributed by atoms with E-state index in [0.29, 0.717) is 11.4 Å². The van der Waals surface area contributed by atoms with Gasteiger partial charge in [-0.3, -0.25) is 19.3 Å². The molecule has 0 atom stereocenters. The second-order valence-corrected chi connectivity index (χ2v) is 9.47. The summed E-state index contributed by atoms with van der Waals surface area (Å²) in [6, 6.07) is 17.2. The van der Waals surface area contributed by atoms with Crippen LogP contribution >= 0.6 is 11.8 Å². The maximum atomic E-state index is 13.1. The minimum Gasteiger partial charge on any atom is -0.490 e. The highest BCUT2D eigenvalue weighted by Crippen LogP contribution is 2.37. The van der Waals surface area contributed by atoms with Gasteiger partial charge in [-0.25, -0.2) is 0 Å². The Bertz CT molecular complexity index is 1330. The lowest BCUT2D eigenvalue weighted by molar-refractivity contribution is -0.127. The molecule has 3 amide bonds. The lowest BCUT2D eigenvalue weighted by Crippen LogP contribution is -2.36. The van der Waals surface area contributed by atoms with Gasteiger partial charge in [0.15, 0.2) is 0 Å². The monoisotopic (exact) mass is 474 g/mol. The highest BCUT2D eigenvalue weighted by atomic mass is 32.2. The van der Waals surface area contributed by atoms with Gasteiger partial charge < -0.3 is 10.1 Å². The SMILES string of the molecule is Cc1ccc(NC(=O)CN2C(=O)S/C(=C\c3c(OC(C)C)ccc4ccccc34)C2=O)cc1C. The Kier molecular flexibility index (Phi) is 6.75. The molecule has 1 aliphatic rings. The lowest BCUT2D eigenvalue weighted by Gasteiger charge is -2.15. The lowest BCUT2D eigenvalue weighted by atomic mass is 10.0. The first-order chi connectivity index (χ1) is 16.2. The van der Waals surface area contributed by atoms with Crippen LogP contribution in [0.15, 0.2) is 59.5 Å². The van der Waals surface area contributed by atoms with Gasteiger partial charge in [-0.05, 0) is 85.6 Å². The molecule has 1 saturated heterocycles. The second kappa shape index (κ2) is 9.73. The van der Waals surface area contributed by atoms with Crippen molar-refractivity contribution >= 4 is 51.4 Å². The number of aryl methyl sites for hydroxylation is 2. The third-order valence-corrected chi connectivity index (χ3v) is 6.44. The summed E-state index contributed by atoms with van der Waals surface area (Å²) in [6.07, 6.45) is 1.63. The molecule has 3 aromatic carbocycles. The number of nitrogens with zero attached hydrogens (tertiary/aromatic N) is 1. The van der Waals surface area contributed by atoms with Crippen LogP contribution in [0.3, 0.4) is 0 Å². The molecule has 6 nitrogen and oxygen atoms in total. The quantitative estimate of drug-likeness (QED) is 0.449. The van der Waals surface area contributed by atoms with Gasteiger partial charge >= 0.3 is 0 Å². The number of nitrogens with one attached hydrogen (secondary N) is 1. The summed E-state index contributed by atoms with van der Waals surface area (Å²) in [5.74, 6) is -0.289. The molecule has 0 aromatic heterocycles. The first-order valence-electron chi connectivity index (χ1n) is 11.0. The predicted octanol–water partition coefficient (Wildman–Crippen LogP) is 5.92. The van der Waals surface area contributed by atoms with Crippen LogP contribution in [0.25, 0.3) is 16.8 Å². The summed E-state index contributed by atoms with van der Waals surface area (Å²) < 4.78 is 5.97. The van der Waals surface area contributed by atoms with Crippen molar-refractivity contribution in [1.29, 1.82) is 0 Å². The maximum absolute atomic E-state index is 13.1. The topological polar surface area (TPSA) is 75.7 Å². The van der Waals surface area contributed by atoms with Crippen molar-refractivity contribution < 1.29 is 19.1 Å². The van der Waals surface area contributed by atoms with Crippen LogP contribution in [0.2, 0.25) is 0 Å². The van der Waals surface area contributed by atoms with E-state index in [9.17, 15) is 14.4 Å². The minimum atomic E-state index is -0.492. The molecule has 7 heteroatoms. The zero-order valence-electron chi connectivity index (χ0n) is 19.5. The van der Waals surface area contributed by atoms with E-state index in [1.54, 1.807) is 12.1 Å². The number of thioether (sulfide) groups is 1. The van der Waals surface area contributed by atoms with Crippen LogP contribution in [0.5, 0.6) is 5.75 Å². The smallest absolute Gasteiger partial charge is 0.294 e. The third-order valence-electron chi connectivity index (χ3n) is 5.53. The number of anilines is 1. The fourth-order valence-electron chi connectivity index (χ4n) is 3.71. The molecule has 34 heavy (non-hydrogen) atoms. The van der Waals surface area contributed by atoms with Crippen molar-refractivity contribution in [3.05, 3.63) is 76.2 Å². The van der Waals surface area contributed by atoms with Crippen molar-refractivity contribution in [2.75, 3.05) is 11.9 Å². The number of hydrogen-bond donors (Lipinski definition) is 1. The van der Waals surface area contributed by atoms with Gasteiger partial charge in [0.25, 0.3) is 11.1 Å². The molecule has 3 aromatic rings. The van der Waals surface area contributed by atoms with Crippen molar-refractivity contribution in [2.45, 2.75) is 33.8 Å². The number of carbonyl (C=O) groups excluding carboxylic acids is 3. The second-order valence-electron chi connectivity index (χ2n) is 8.48. The molecule has 0 unspecified atom stereocenters. The normalized spacial score (nSPS) is 15.0. The zero-order chi connectivity index (χ0) is 24.4. The fraction of sp³-hybridized carbons (Fsp3) is 0.222. The zero-order valence-corrected chi connectivity index (χ0v) is 20.4. The Hall–Kier alpha value is -3.58. The number of rotatable bonds is 6. The van der Waals surface area contributed by atoms with Gasteiger partial charge in [-0.2, -0.15) is 0 Å². The highest BCUT2D eigenvalue weighted by molar-refractivity contribution is 8.18. The van der Waals surface area contributed by atoms with Gasteiger partial charge in [0.2, 0.25) is 5.91 Å². The molecule has 0 radical (unpaired) electrons. The summed E-state index contributed by atoms with van der Waals surface area (Å²) in [5.41, 5.74) is 3.52. The molecule has 1 aliphatic heterocycles. The summed E-state index contributed by atoms with van der Waals surface area (Å²) in [6.45, 7) is 7.46. The van der Waals surface area contributed by atoms with Crippen LogP contribution in [0.1, 0.15) is 30.5 Å². The fourth-order valence-corrected chi connectivity index (χ4v) is 4.53. The Morgan fingerprint density at radius 1 is 1.06 bits per heavy atom. The standard InChI is InChI=1S/C27H26N2O4S/c1-16(2)33-23-12-10-19-7-5-6-8-21(19)22(23)14-24-26(31)29(27(32)34-24)15-25(30)28-20-11-9-17(3)18(4)13-20/h5-14,16H,15H2,1-4H3,(H,28,30)/b24-14-. The molecule has 174 valence electrons. The summed E-state index contributed by atoms with van der Waals surface area (Å²) in [5, 5.41) is 4.20. The number of hydrogen-bond acceptors (Lipinski definition) is 5. The third kappa shape index (κ3) is 4.99. The molecule has 0 aliphatic carbocycles. The van der Waals surface area contributed by atoms with Gasteiger partial charge in [0, 0.05) is 11.3 Å². The molecule has 0 saturated carbocycles. The predicted molar refractivity (Wildman–Crippen MR) is 137 cm³/mol. The van der Waals surface area contributed by atoms with E-state index in [1.807, 2.05) is 76.2 Å². The highest BCUT2D eigenvalue weighted by Gasteiger charge is 2.36. The van der Waals surface area contributed by atoms with E-state index >= 15 is 0 Å². The summed E-state index contributed by atoms with van der Waals surface area (Å²) >= 11 is 0.828. The van der Waals surface area contributed by atoms with Gasteiger partial charge in [-0.1, -0.05) is 36.4 Å². The molecule has 1 N–H and O–H groups in total. The first-order valence-corrected chi connectivity index (χ1v) is 11.9. The van der Waals surface area contributed by atoms with Crippen LogP contribution < -0.4 is 10.1 Å². The van der Waals surface area contributed by atoms with E-state index in [0.717, 1.165) is 44.1 Å². The summed E-state index contributed by atoms with van der Waals surface area (Å²) in [7, 11) is 0. The number of ether oxygens (including phenoxy) is 1. The average Bonchev–Trinajstić information content (AvgIpc) is 3.05. The molecule has 4 rings (SSSR count). The first kappa shape index (κ1) is 23.6. The van der Waals surface area contributed by atoms with Crippen molar-refractivity contribution in [2.24, 2.45) is 0 Å². The van der Waals surface area contributed by atoms with Crippen LogP contribution in [0.4, 0.5) is 10.5 Å². The Labute approximate surface area is 203 Å². The summed E-state index contributed by atoms with van der Waals surface area (Å²) in [4.78, 5) is 39.5. The van der Waals surface area contributed by atoms with E-state index in [-0.39, 0.29) is 17.6 Å². The molecular formula is C27H26N2O4S. The van der Waals surface area contributed by atoms with E-state index in [4.69, 9.17) is 4.74 Å². The van der Waals surface area contributed by atoms with Crippen LogP contribution in [-0.4, -0.2) is 34.6 Å². The molecule has 1 heterocycles. The average molecular weight is 475 g/mol. The maximum Gasteiger partial charge on any atom is 0.294 e. The number of amides is 3. The molecule has 0 spiro atoms. The van der Waals surface area contributed by atoms with Gasteiger partial charge in [-0.15, -0.1) is 0 Å². The molecule has 1 fully saturated rings. The van der Waals surface area contributed by atoms with Crippen molar-refractivity contribution in [3.8, 4) is 5.75 Å². The van der Waals surface area contributed by atoms with Gasteiger partial charge in [0.1, 0.15) is 12.3 Å². The molecular weight excluding hydrogens is 448 g/mol. The number of benzene rings is 3. The Morgan fingerprint density at radius 2 is 1.82 bits per heavy atom. The van der Waals surface area contributed by atoms with E-state index < -0.39 is 17.1 Å². The largest absolute Gasteiger partial charge is 0.490 e. The number of carbonyl (C=O) groups is 3. The van der Waals surface area contributed by atoms with Gasteiger partial charge in [0.05, 0.1) is 11.0 Å². The minimum absolute atomic E-state index is 0.0579. The van der Waals surface area contributed by atoms with Crippen molar-refractivity contribution in [3.63, 3.8) is 0 Å². The van der Waals surface area contributed by atoms with Crippen LogP contribution in [-0.2, 0) is 9.59 Å². The van der Waals surface area contributed by atoms with E-state index in [2.05, 4.69) is 5.32 Å². The number of fused-ring (bicyclic) bond motifs is 1. The molecule has 0 bridgehead atoms. The van der Waals surface area contributed by atoms with E-state index in [1.165, 1.54) is 0 Å². The Morgan fingerprint density at radius 3 is 2.56 bits per heavy atom. The van der Waals surface area contributed by atoms with Crippen molar-refractivity contribution in [1.82, 2.24) is 4.90 Å². The Balaban J connectivity index is 1.59. The van der Waals surface area contributed by atoms with Crippen LogP contribution in [0, 0.1) is 13.8 Å². The number of imide groups is 1.